The van der Waals surface area contributed by atoms with E-state index in [9.17, 15) is 9.59 Å². The van der Waals surface area contributed by atoms with E-state index in [1.165, 1.54) is 0 Å². The first-order chi connectivity index (χ1) is 8.16. The fourth-order valence-corrected chi connectivity index (χ4v) is 1.25. The van der Waals surface area contributed by atoms with Crippen LogP contribution in [0.3, 0.4) is 0 Å². The van der Waals surface area contributed by atoms with Crippen LogP contribution in [-0.4, -0.2) is 23.7 Å². The third-order valence-electron chi connectivity index (χ3n) is 1.90. The number of hydrogen-bond acceptors (Lipinski definition) is 3. The molecule has 1 unspecified atom stereocenters. The topological polar surface area (TPSA) is 63.6 Å². The lowest BCUT2D eigenvalue weighted by Crippen LogP contribution is -2.23. The van der Waals surface area contributed by atoms with Crippen molar-refractivity contribution in [3.8, 4) is 0 Å². The summed E-state index contributed by atoms with van der Waals surface area (Å²) in [6.45, 7) is 5.82. The molecule has 0 radical (unpaired) electrons. The molecule has 1 aromatic rings. The maximum atomic E-state index is 11.4. The smallest absolute Gasteiger partial charge is 0.324 e. The van der Waals surface area contributed by atoms with Crippen LogP contribution in [0.5, 0.6) is 0 Å². The van der Waals surface area contributed by atoms with Gasteiger partial charge in [-0.25, -0.2) is 0 Å². The monoisotopic (exact) mass is 238 g/mol. The number of hydrogen-bond donors (Lipinski definition) is 1. The summed E-state index contributed by atoms with van der Waals surface area (Å²) >= 11 is 0. The zero-order valence-electron chi connectivity index (χ0n) is 10.3. The predicted octanol–water partition coefficient (Wildman–Crippen LogP) is 2.44. The number of carbonyl (C=O) groups excluding carboxylic acids is 1. The second-order valence-corrected chi connectivity index (χ2v) is 2.93. The third kappa shape index (κ3) is 4.68. The summed E-state index contributed by atoms with van der Waals surface area (Å²) in [6.07, 6.45) is 0. The molecule has 0 heterocycles. The Kier molecular flexibility index (Phi) is 7.43. The highest BCUT2D eigenvalue weighted by molar-refractivity contribution is 5.99. The minimum Gasteiger partial charge on any atom is -0.480 e. The fraction of sp³-hybridized carbons (Fsp3) is 0.385. The van der Waals surface area contributed by atoms with E-state index in [4.69, 9.17) is 9.84 Å². The van der Waals surface area contributed by atoms with Gasteiger partial charge in [0.15, 0.2) is 5.92 Å². The maximum Gasteiger partial charge on any atom is 0.324 e. The molecule has 0 spiro atoms. The standard InChI is InChI=1S/C11H12O4.C2H6/c1-2-15-11(14)9(10(12)13)8-6-4-3-5-7-8;1-2/h3-7,9H,2H2,1H3,(H,12,13);1-2H3. The Labute approximate surface area is 101 Å². The maximum absolute atomic E-state index is 11.4. The number of esters is 1. The summed E-state index contributed by atoms with van der Waals surface area (Å²) in [6, 6.07) is 8.31. The average Bonchev–Trinajstić information content (AvgIpc) is 2.33. The first kappa shape index (κ1) is 15.2. The molecule has 0 aliphatic carbocycles. The van der Waals surface area contributed by atoms with Crippen molar-refractivity contribution >= 4 is 11.9 Å². The van der Waals surface area contributed by atoms with E-state index in [2.05, 4.69) is 0 Å². The van der Waals surface area contributed by atoms with Crippen molar-refractivity contribution in [2.24, 2.45) is 0 Å². The first-order valence-electron chi connectivity index (χ1n) is 5.61. The summed E-state index contributed by atoms with van der Waals surface area (Å²) in [5.41, 5.74) is 0.434. The highest BCUT2D eigenvalue weighted by atomic mass is 16.5. The predicted molar refractivity (Wildman–Crippen MR) is 64.8 cm³/mol. The van der Waals surface area contributed by atoms with Gasteiger partial charge in [0.25, 0.3) is 0 Å². The van der Waals surface area contributed by atoms with Crippen LogP contribution in [0.2, 0.25) is 0 Å². The van der Waals surface area contributed by atoms with Gasteiger partial charge >= 0.3 is 11.9 Å². The molecule has 0 bridgehead atoms. The van der Waals surface area contributed by atoms with Crippen LogP contribution in [0.1, 0.15) is 32.3 Å². The number of benzene rings is 1. The van der Waals surface area contributed by atoms with Crippen molar-refractivity contribution in [1.29, 1.82) is 0 Å². The molecule has 0 fully saturated rings. The molecule has 4 nitrogen and oxygen atoms in total. The molecule has 17 heavy (non-hydrogen) atoms. The molecule has 0 saturated carbocycles. The van der Waals surface area contributed by atoms with E-state index in [1.54, 1.807) is 37.3 Å². The van der Waals surface area contributed by atoms with Gasteiger partial charge < -0.3 is 9.84 Å². The number of rotatable bonds is 4. The fourth-order valence-electron chi connectivity index (χ4n) is 1.25. The second-order valence-electron chi connectivity index (χ2n) is 2.93. The summed E-state index contributed by atoms with van der Waals surface area (Å²) in [5, 5.41) is 8.92. The molecule has 4 heteroatoms. The number of carbonyl (C=O) groups is 2. The van der Waals surface area contributed by atoms with Crippen molar-refractivity contribution in [1.82, 2.24) is 0 Å². The molecular weight excluding hydrogens is 220 g/mol. The number of aliphatic carboxylic acids is 1. The minimum atomic E-state index is -1.23. The minimum absolute atomic E-state index is 0.176. The van der Waals surface area contributed by atoms with Crippen molar-refractivity contribution in [2.45, 2.75) is 26.7 Å². The molecule has 94 valence electrons. The lowest BCUT2D eigenvalue weighted by Gasteiger charge is -2.10. The van der Waals surface area contributed by atoms with Gasteiger partial charge in [-0.05, 0) is 12.5 Å². The van der Waals surface area contributed by atoms with E-state index in [1.807, 2.05) is 13.8 Å². The Morgan fingerprint density at radius 2 is 1.76 bits per heavy atom. The van der Waals surface area contributed by atoms with Gasteiger partial charge in [0.2, 0.25) is 0 Å². The second kappa shape index (κ2) is 8.33. The van der Waals surface area contributed by atoms with Crippen LogP contribution in [0.15, 0.2) is 30.3 Å². The molecule has 1 aromatic carbocycles. The Morgan fingerprint density at radius 1 is 1.24 bits per heavy atom. The molecule has 0 aliphatic rings. The van der Waals surface area contributed by atoms with Crippen LogP contribution < -0.4 is 0 Å². The number of carboxylic acid groups (broad SMARTS) is 1. The van der Waals surface area contributed by atoms with Crippen molar-refractivity contribution < 1.29 is 19.4 Å². The largest absolute Gasteiger partial charge is 0.480 e. The van der Waals surface area contributed by atoms with Gasteiger partial charge in [-0.1, -0.05) is 44.2 Å². The van der Waals surface area contributed by atoms with Crippen molar-refractivity contribution in [3.05, 3.63) is 35.9 Å². The molecule has 1 atom stereocenters. The molecule has 0 saturated heterocycles. The van der Waals surface area contributed by atoms with E-state index in [-0.39, 0.29) is 6.61 Å². The van der Waals surface area contributed by atoms with Gasteiger partial charge in [0, 0.05) is 0 Å². The van der Waals surface area contributed by atoms with E-state index >= 15 is 0 Å². The third-order valence-corrected chi connectivity index (χ3v) is 1.90. The van der Waals surface area contributed by atoms with Crippen molar-refractivity contribution in [2.75, 3.05) is 6.61 Å². The number of ether oxygens (including phenoxy) is 1. The zero-order valence-corrected chi connectivity index (χ0v) is 10.3. The van der Waals surface area contributed by atoms with Gasteiger partial charge in [-0.2, -0.15) is 0 Å². The Balaban J connectivity index is 0.00000121. The lowest BCUT2D eigenvalue weighted by atomic mass is 10.00. The summed E-state index contributed by atoms with van der Waals surface area (Å²) < 4.78 is 4.70. The molecule has 0 amide bonds. The van der Waals surface area contributed by atoms with Gasteiger partial charge in [0.1, 0.15) is 0 Å². The van der Waals surface area contributed by atoms with Gasteiger partial charge in [-0.15, -0.1) is 0 Å². The highest BCUT2D eigenvalue weighted by Gasteiger charge is 2.29. The van der Waals surface area contributed by atoms with Crippen molar-refractivity contribution in [3.63, 3.8) is 0 Å². The summed E-state index contributed by atoms with van der Waals surface area (Å²) in [7, 11) is 0. The van der Waals surface area contributed by atoms with Crippen LogP contribution in [0.25, 0.3) is 0 Å². The Hall–Kier alpha value is -1.84. The normalized spacial score (nSPS) is 10.8. The molecule has 1 N–H and O–H groups in total. The number of carboxylic acids is 1. The van der Waals surface area contributed by atoms with Crippen LogP contribution in [-0.2, 0) is 14.3 Å². The Bertz CT molecular complexity index is 346. The lowest BCUT2D eigenvalue weighted by molar-refractivity contribution is -0.153. The summed E-state index contributed by atoms with van der Waals surface area (Å²) in [4.78, 5) is 22.3. The summed E-state index contributed by atoms with van der Waals surface area (Å²) in [5.74, 6) is -3.15. The van der Waals surface area contributed by atoms with E-state index in [0.717, 1.165) is 0 Å². The zero-order chi connectivity index (χ0) is 13.3. The molecule has 0 aliphatic heterocycles. The van der Waals surface area contributed by atoms with E-state index in [0.29, 0.717) is 5.56 Å². The Morgan fingerprint density at radius 3 is 2.18 bits per heavy atom. The van der Waals surface area contributed by atoms with Gasteiger partial charge in [0.05, 0.1) is 6.61 Å². The molecule has 0 aromatic heterocycles. The SMILES string of the molecule is CC.CCOC(=O)C(C(=O)O)c1ccccc1. The van der Waals surface area contributed by atoms with E-state index < -0.39 is 17.9 Å². The quantitative estimate of drug-likeness (QED) is 0.646. The van der Waals surface area contributed by atoms with Crippen LogP contribution in [0, 0.1) is 0 Å². The van der Waals surface area contributed by atoms with Crippen LogP contribution >= 0.6 is 0 Å². The van der Waals surface area contributed by atoms with Gasteiger partial charge in [-0.3, -0.25) is 9.59 Å². The van der Waals surface area contributed by atoms with Crippen LogP contribution in [0.4, 0.5) is 0 Å². The highest BCUT2D eigenvalue weighted by Crippen LogP contribution is 2.17. The first-order valence-corrected chi connectivity index (χ1v) is 5.61. The molecule has 1 rings (SSSR count). The average molecular weight is 238 g/mol. The molecular formula is C13H18O4.